The first-order valence-corrected chi connectivity index (χ1v) is 13.0. The number of benzene rings is 5. The Balaban J connectivity index is 1.29. The Morgan fingerprint density at radius 1 is 0.744 bits per heavy atom. The molecule has 1 atom stereocenters. The highest BCUT2D eigenvalue weighted by atomic mass is 16.3. The van der Waals surface area contributed by atoms with Gasteiger partial charge in [0.05, 0.1) is 28.3 Å². The van der Waals surface area contributed by atoms with Crippen LogP contribution in [0.1, 0.15) is 17.2 Å². The van der Waals surface area contributed by atoms with E-state index in [0.717, 1.165) is 49.2 Å². The SMILES string of the molecule is CN1C(c2ccccc2)C=c2/c(=C\c3ccc(N=Nc4cccc5ccccc45)cc3)c3cc(O)ccc3n21. The van der Waals surface area contributed by atoms with E-state index in [2.05, 4.69) is 93.7 Å². The minimum Gasteiger partial charge on any atom is -0.508 e. The maximum atomic E-state index is 10.3. The Kier molecular flexibility index (Phi) is 5.48. The van der Waals surface area contributed by atoms with E-state index in [9.17, 15) is 5.11 Å². The number of hydrogen-bond donors (Lipinski definition) is 1. The van der Waals surface area contributed by atoms with Gasteiger partial charge in [0.1, 0.15) is 5.75 Å². The molecule has 0 saturated heterocycles. The van der Waals surface area contributed by atoms with Crippen molar-refractivity contribution in [1.29, 1.82) is 0 Å². The maximum Gasteiger partial charge on any atom is 0.116 e. The summed E-state index contributed by atoms with van der Waals surface area (Å²) < 4.78 is 2.24. The molecule has 1 unspecified atom stereocenters. The molecule has 5 heteroatoms. The maximum absolute atomic E-state index is 10.3. The van der Waals surface area contributed by atoms with Crippen molar-refractivity contribution in [1.82, 2.24) is 4.68 Å². The third-order valence-corrected chi connectivity index (χ3v) is 7.42. The lowest BCUT2D eigenvalue weighted by Gasteiger charge is -2.25. The smallest absolute Gasteiger partial charge is 0.116 e. The second kappa shape index (κ2) is 9.30. The second-order valence-electron chi connectivity index (χ2n) is 9.84. The highest BCUT2D eigenvalue weighted by molar-refractivity contribution is 5.92. The first kappa shape index (κ1) is 23.0. The van der Waals surface area contributed by atoms with E-state index < -0.39 is 0 Å². The molecule has 2 heterocycles. The number of nitrogens with zero attached hydrogens (tertiary/aromatic N) is 4. The highest BCUT2D eigenvalue weighted by Gasteiger charge is 2.24. The van der Waals surface area contributed by atoms with Crippen LogP contribution in [0.3, 0.4) is 0 Å². The molecule has 5 nitrogen and oxygen atoms in total. The lowest BCUT2D eigenvalue weighted by molar-refractivity contribution is 0.476. The van der Waals surface area contributed by atoms with Crippen molar-refractivity contribution in [3.05, 3.63) is 137 Å². The molecule has 7 rings (SSSR count). The van der Waals surface area contributed by atoms with Crippen LogP contribution in [0.25, 0.3) is 33.8 Å². The molecule has 0 bridgehead atoms. The molecule has 5 aromatic carbocycles. The predicted octanol–water partition coefficient (Wildman–Crippen LogP) is 6.85. The number of phenolic OH excluding ortho intramolecular Hbond substituents is 1. The van der Waals surface area contributed by atoms with Gasteiger partial charge in [-0.3, -0.25) is 4.68 Å². The molecule has 1 aromatic heterocycles. The quantitative estimate of drug-likeness (QED) is 0.266. The van der Waals surface area contributed by atoms with Gasteiger partial charge < -0.3 is 10.1 Å². The number of phenols is 1. The zero-order valence-electron chi connectivity index (χ0n) is 21.4. The van der Waals surface area contributed by atoms with E-state index in [-0.39, 0.29) is 11.8 Å². The van der Waals surface area contributed by atoms with Crippen molar-refractivity contribution in [3.63, 3.8) is 0 Å². The van der Waals surface area contributed by atoms with E-state index in [1.54, 1.807) is 6.07 Å². The lowest BCUT2D eigenvalue weighted by Crippen LogP contribution is -2.35. The van der Waals surface area contributed by atoms with Gasteiger partial charge in [0.15, 0.2) is 0 Å². The molecular weight excluding hydrogens is 480 g/mol. The molecule has 188 valence electrons. The van der Waals surface area contributed by atoms with Crippen LogP contribution in [0.2, 0.25) is 0 Å². The fraction of sp³-hybridized carbons (Fsp3) is 0.0588. The van der Waals surface area contributed by atoms with Crippen molar-refractivity contribution >= 4 is 45.2 Å². The van der Waals surface area contributed by atoms with Crippen LogP contribution in [0.4, 0.5) is 11.4 Å². The average Bonchev–Trinajstić information content (AvgIpc) is 3.47. The standard InChI is InChI=1S/C34H26N4O/c1-37-33(25-9-3-2-4-10-25)22-34-29(30-21-27(39)18-19-32(30)38(34)37)20-23-14-16-26(17-15-23)35-36-31-13-7-11-24-8-5-6-12-28(24)31/h2-22,33,39H,1H3/b29-20-,36-35?. The summed E-state index contributed by atoms with van der Waals surface area (Å²) in [6.07, 6.45) is 4.47. The normalized spacial score (nSPS) is 15.4. The topological polar surface area (TPSA) is 53.1 Å². The van der Waals surface area contributed by atoms with Gasteiger partial charge >= 0.3 is 0 Å². The number of aromatic nitrogens is 1. The van der Waals surface area contributed by atoms with Crippen LogP contribution < -0.4 is 15.6 Å². The van der Waals surface area contributed by atoms with E-state index in [1.165, 1.54) is 5.56 Å². The van der Waals surface area contributed by atoms with Gasteiger partial charge in [-0.2, -0.15) is 5.11 Å². The first-order valence-electron chi connectivity index (χ1n) is 13.0. The molecular formula is C34H26N4O. The van der Waals surface area contributed by atoms with Crippen LogP contribution in [0.15, 0.2) is 125 Å². The summed E-state index contributed by atoms with van der Waals surface area (Å²) in [4.78, 5) is 0. The monoisotopic (exact) mass is 506 g/mol. The molecule has 1 aliphatic rings. The van der Waals surface area contributed by atoms with E-state index in [4.69, 9.17) is 0 Å². The largest absolute Gasteiger partial charge is 0.508 e. The molecule has 1 N–H and O–H groups in total. The zero-order valence-corrected chi connectivity index (χ0v) is 21.4. The average molecular weight is 507 g/mol. The van der Waals surface area contributed by atoms with E-state index in [1.807, 2.05) is 54.6 Å². The Hall–Kier alpha value is -5.16. The molecule has 0 fully saturated rings. The Bertz CT molecular complexity index is 1980. The lowest BCUT2D eigenvalue weighted by atomic mass is 10.1. The van der Waals surface area contributed by atoms with Gasteiger partial charge in [0.2, 0.25) is 0 Å². The van der Waals surface area contributed by atoms with E-state index in [0.29, 0.717) is 0 Å². The summed E-state index contributed by atoms with van der Waals surface area (Å²) >= 11 is 0. The van der Waals surface area contributed by atoms with Crippen LogP contribution >= 0.6 is 0 Å². The number of azo groups is 1. The Morgan fingerprint density at radius 3 is 2.36 bits per heavy atom. The predicted molar refractivity (Wildman–Crippen MR) is 159 cm³/mol. The summed E-state index contributed by atoms with van der Waals surface area (Å²) in [7, 11) is 2.11. The number of rotatable bonds is 4. The molecule has 0 amide bonds. The molecule has 0 spiro atoms. The molecule has 0 radical (unpaired) electrons. The van der Waals surface area contributed by atoms with Gasteiger partial charge in [-0.15, -0.1) is 5.11 Å². The van der Waals surface area contributed by atoms with Crippen molar-refractivity contribution in [3.8, 4) is 5.75 Å². The van der Waals surface area contributed by atoms with Crippen molar-refractivity contribution in [2.45, 2.75) is 6.04 Å². The third-order valence-electron chi connectivity index (χ3n) is 7.42. The summed E-state index contributed by atoms with van der Waals surface area (Å²) in [6.45, 7) is 0. The minimum absolute atomic E-state index is 0.128. The van der Waals surface area contributed by atoms with Gasteiger partial charge in [-0.05, 0) is 65.1 Å². The molecule has 0 aliphatic carbocycles. The van der Waals surface area contributed by atoms with Gasteiger partial charge in [0, 0.05) is 23.0 Å². The van der Waals surface area contributed by atoms with Gasteiger partial charge in [-0.1, -0.05) is 78.9 Å². The molecule has 6 aromatic rings. The van der Waals surface area contributed by atoms with Crippen LogP contribution in [-0.2, 0) is 0 Å². The summed E-state index contributed by atoms with van der Waals surface area (Å²) in [5.41, 5.74) is 5.00. The van der Waals surface area contributed by atoms with Gasteiger partial charge in [-0.25, -0.2) is 0 Å². The van der Waals surface area contributed by atoms with Crippen molar-refractivity contribution in [2.75, 3.05) is 12.1 Å². The summed E-state index contributed by atoms with van der Waals surface area (Å²) in [5, 5.41) is 27.0. The van der Waals surface area contributed by atoms with Crippen molar-refractivity contribution < 1.29 is 5.11 Å². The highest BCUT2D eigenvalue weighted by Crippen LogP contribution is 2.28. The zero-order chi connectivity index (χ0) is 26.3. The molecule has 0 saturated carbocycles. The second-order valence-corrected chi connectivity index (χ2v) is 9.84. The Morgan fingerprint density at radius 2 is 1.51 bits per heavy atom. The first-order chi connectivity index (χ1) is 19.2. The van der Waals surface area contributed by atoms with Crippen LogP contribution in [0.5, 0.6) is 5.75 Å². The fourth-order valence-electron chi connectivity index (χ4n) is 5.51. The third kappa shape index (κ3) is 4.05. The van der Waals surface area contributed by atoms with E-state index >= 15 is 0 Å². The summed E-state index contributed by atoms with van der Waals surface area (Å²) in [5.74, 6) is 0.257. The Labute approximate surface area is 225 Å². The minimum atomic E-state index is 0.128. The number of aromatic hydroxyl groups is 1. The fourth-order valence-corrected chi connectivity index (χ4v) is 5.51. The molecule has 1 aliphatic heterocycles. The van der Waals surface area contributed by atoms with Crippen LogP contribution in [0, 0.1) is 0 Å². The number of hydrogen-bond acceptors (Lipinski definition) is 4. The van der Waals surface area contributed by atoms with Crippen LogP contribution in [-0.4, -0.2) is 16.8 Å². The van der Waals surface area contributed by atoms with Gasteiger partial charge in [0.25, 0.3) is 0 Å². The number of fused-ring (bicyclic) bond motifs is 4. The molecule has 39 heavy (non-hydrogen) atoms. The van der Waals surface area contributed by atoms with Crippen molar-refractivity contribution in [2.24, 2.45) is 10.2 Å². The summed E-state index contributed by atoms with van der Waals surface area (Å²) in [6, 6.07) is 38.6.